The number of ether oxygens (including phenoxy) is 3. The number of phenols is 1. The normalized spacial score (nSPS) is 11.1. The Balaban J connectivity index is 1.37. The highest BCUT2D eigenvalue weighted by Gasteiger charge is 2.16. The summed E-state index contributed by atoms with van der Waals surface area (Å²) in [5.74, 6) is 1.73. The van der Waals surface area contributed by atoms with Crippen molar-refractivity contribution in [1.29, 1.82) is 0 Å². The molecule has 9 nitrogen and oxygen atoms in total. The molecule has 0 radical (unpaired) electrons. The van der Waals surface area contributed by atoms with Crippen LogP contribution in [0.5, 0.6) is 23.0 Å². The number of aliphatic carboxylic acids is 1. The smallest absolute Gasteiger partial charge is 0.341 e. The summed E-state index contributed by atoms with van der Waals surface area (Å²) in [6.45, 7) is 5.36. The van der Waals surface area contributed by atoms with Crippen molar-refractivity contribution in [2.75, 3.05) is 19.8 Å². The van der Waals surface area contributed by atoms with Crippen molar-refractivity contribution in [2.24, 2.45) is 0 Å². The maximum atomic E-state index is 11.0. The molecule has 2 N–H and O–H groups in total. The van der Waals surface area contributed by atoms with Gasteiger partial charge in [-0.25, -0.2) is 19.7 Å². The Morgan fingerprint density at radius 2 is 0.857 bits per heavy atom. The molecule has 0 fully saturated rings. The van der Waals surface area contributed by atoms with Gasteiger partial charge in [-0.2, -0.15) is 0 Å². The average molecular weight is 768 g/mol. The number of benzene rings is 3. The molecule has 3 aromatic carbocycles. The Morgan fingerprint density at radius 3 is 1.25 bits per heavy atom. The third kappa shape index (κ3) is 16.6. The first-order chi connectivity index (χ1) is 27.5. The van der Waals surface area contributed by atoms with Gasteiger partial charge >= 0.3 is 5.97 Å². The first-order valence-electron chi connectivity index (χ1n) is 21.4. The van der Waals surface area contributed by atoms with Gasteiger partial charge in [0, 0.05) is 17.2 Å². The fourth-order valence-electron chi connectivity index (χ4n) is 6.65. The molecule has 0 unspecified atom stereocenters. The zero-order chi connectivity index (χ0) is 39.6. The van der Waals surface area contributed by atoms with Gasteiger partial charge in [-0.1, -0.05) is 129 Å². The fraction of sp³-hybridized carbons (Fsp3) is 0.532. The molecule has 0 amide bonds. The number of nitrogens with zero attached hydrogens (tertiary/aromatic N) is 3. The molecule has 0 bridgehead atoms. The van der Waals surface area contributed by atoms with Crippen molar-refractivity contribution in [3.05, 3.63) is 66.7 Å². The summed E-state index contributed by atoms with van der Waals surface area (Å²) >= 11 is 0. The maximum Gasteiger partial charge on any atom is 0.341 e. The SMILES string of the molecule is CCCCCCCCCCCCOc1ccc(-c2nc(-c3ccc(OCCCCCCCCCCCC)cc3)nc(-c3ccc(OCC(=O)O)cc3O)n2)cc1. The minimum absolute atomic E-state index is 0.137. The lowest BCUT2D eigenvalue weighted by molar-refractivity contribution is -0.139. The van der Waals surface area contributed by atoms with Gasteiger partial charge in [0.2, 0.25) is 0 Å². The molecule has 0 aliphatic rings. The van der Waals surface area contributed by atoms with Gasteiger partial charge in [-0.05, 0) is 73.5 Å². The highest BCUT2D eigenvalue weighted by Crippen LogP contribution is 2.33. The van der Waals surface area contributed by atoms with Gasteiger partial charge in [0.1, 0.15) is 23.0 Å². The monoisotopic (exact) mass is 767 g/mol. The van der Waals surface area contributed by atoms with E-state index < -0.39 is 12.6 Å². The molecule has 0 saturated heterocycles. The van der Waals surface area contributed by atoms with Crippen LogP contribution in [0.4, 0.5) is 0 Å². The summed E-state index contributed by atoms with van der Waals surface area (Å²) in [7, 11) is 0. The number of hydrogen-bond donors (Lipinski definition) is 2. The first-order valence-corrected chi connectivity index (χ1v) is 21.4. The first kappa shape index (κ1) is 44.1. The zero-order valence-electron chi connectivity index (χ0n) is 34.0. The summed E-state index contributed by atoms with van der Waals surface area (Å²) in [6.07, 6.45) is 25.7. The van der Waals surface area contributed by atoms with Crippen LogP contribution in [0.2, 0.25) is 0 Å². The Labute approximate surface area is 335 Å². The number of aromatic hydroxyl groups is 1. The molecular weight excluding hydrogens is 703 g/mol. The van der Waals surface area contributed by atoms with E-state index in [1.165, 1.54) is 122 Å². The van der Waals surface area contributed by atoms with E-state index in [2.05, 4.69) is 13.8 Å². The molecule has 4 rings (SSSR count). The lowest BCUT2D eigenvalue weighted by atomic mass is 10.1. The average Bonchev–Trinajstić information content (AvgIpc) is 3.21. The molecule has 0 aliphatic carbocycles. The predicted molar refractivity (Wildman–Crippen MR) is 226 cm³/mol. The van der Waals surface area contributed by atoms with Crippen LogP contribution in [0.1, 0.15) is 142 Å². The topological polar surface area (TPSA) is 124 Å². The highest BCUT2D eigenvalue weighted by atomic mass is 16.5. The zero-order valence-corrected chi connectivity index (χ0v) is 34.0. The number of carboxylic acid groups (broad SMARTS) is 1. The molecule has 304 valence electrons. The Morgan fingerprint density at radius 1 is 0.482 bits per heavy atom. The van der Waals surface area contributed by atoms with Gasteiger partial charge < -0.3 is 24.4 Å². The fourth-order valence-corrected chi connectivity index (χ4v) is 6.65. The van der Waals surface area contributed by atoms with Crippen LogP contribution < -0.4 is 14.2 Å². The van der Waals surface area contributed by atoms with E-state index in [1.807, 2.05) is 48.5 Å². The second-order valence-corrected chi connectivity index (χ2v) is 14.8. The lowest BCUT2D eigenvalue weighted by Gasteiger charge is -2.12. The van der Waals surface area contributed by atoms with Crippen LogP contribution in [0.15, 0.2) is 66.7 Å². The number of aromatic nitrogens is 3. The number of rotatable bonds is 30. The minimum atomic E-state index is -1.11. The molecule has 0 atom stereocenters. The Kier molecular flexibility index (Phi) is 20.6. The maximum absolute atomic E-state index is 11.0. The van der Waals surface area contributed by atoms with Crippen LogP contribution in [-0.2, 0) is 4.79 Å². The molecule has 0 spiro atoms. The minimum Gasteiger partial charge on any atom is -0.507 e. The van der Waals surface area contributed by atoms with Crippen LogP contribution in [0.25, 0.3) is 34.2 Å². The third-order valence-corrected chi connectivity index (χ3v) is 9.97. The molecule has 0 aliphatic heterocycles. The number of carboxylic acids is 1. The van der Waals surface area contributed by atoms with Crippen molar-refractivity contribution in [1.82, 2.24) is 15.0 Å². The summed E-state index contributed by atoms with van der Waals surface area (Å²) in [6, 6.07) is 20.0. The molecule has 4 aromatic rings. The van der Waals surface area contributed by atoms with E-state index in [0.717, 1.165) is 35.5 Å². The summed E-state index contributed by atoms with van der Waals surface area (Å²) in [5, 5.41) is 19.9. The van der Waals surface area contributed by atoms with E-state index in [9.17, 15) is 9.90 Å². The number of unbranched alkanes of at least 4 members (excludes halogenated alkanes) is 18. The van der Waals surface area contributed by atoms with Gasteiger partial charge in [0.25, 0.3) is 0 Å². The molecule has 0 saturated carbocycles. The number of phenolic OH excluding ortho intramolecular Hbond substituents is 1. The van der Waals surface area contributed by atoms with Crippen molar-refractivity contribution in [2.45, 2.75) is 142 Å². The van der Waals surface area contributed by atoms with Gasteiger partial charge in [-0.15, -0.1) is 0 Å². The highest BCUT2D eigenvalue weighted by molar-refractivity contribution is 5.71. The Hall–Kier alpha value is -4.66. The van der Waals surface area contributed by atoms with E-state index >= 15 is 0 Å². The van der Waals surface area contributed by atoms with Gasteiger partial charge in [0.05, 0.1) is 18.8 Å². The van der Waals surface area contributed by atoms with Crippen molar-refractivity contribution in [3.63, 3.8) is 0 Å². The summed E-state index contributed by atoms with van der Waals surface area (Å²) in [5.41, 5.74) is 1.92. The van der Waals surface area contributed by atoms with Gasteiger partial charge in [-0.3, -0.25) is 0 Å². The molecule has 56 heavy (non-hydrogen) atoms. The van der Waals surface area contributed by atoms with Crippen LogP contribution in [-0.4, -0.2) is 51.0 Å². The van der Waals surface area contributed by atoms with Crippen LogP contribution in [0.3, 0.4) is 0 Å². The summed E-state index contributed by atoms with van der Waals surface area (Å²) < 4.78 is 17.4. The molecular formula is C47H65N3O6. The Bertz CT molecular complexity index is 1590. The van der Waals surface area contributed by atoms with Crippen LogP contribution >= 0.6 is 0 Å². The van der Waals surface area contributed by atoms with E-state index in [-0.39, 0.29) is 17.3 Å². The number of carbonyl (C=O) groups is 1. The lowest BCUT2D eigenvalue weighted by Crippen LogP contribution is -2.09. The van der Waals surface area contributed by atoms with E-state index in [0.29, 0.717) is 30.4 Å². The quantitative estimate of drug-likeness (QED) is 0.0499. The number of hydrogen-bond acceptors (Lipinski definition) is 8. The predicted octanol–water partition coefficient (Wildman–Crippen LogP) is 12.6. The van der Waals surface area contributed by atoms with Crippen LogP contribution in [0, 0.1) is 0 Å². The van der Waals surface area contributed by atoms with Gasteiger partial charge in [0.15, 0.2) is 24.1 Å². The largest absolute Gasteiger partial charge is 0.507 e. The summed E-state index contributed by atoms with van der Waals surface area (Å²) in [4.78, 5) is 25.3. The standard InChI is InChI=1S/C47H65N3O6/c1-3-5-7-9-11-13-15-17-19-21-33-54-39-27-23-37(24-28-39)45-48-46(50-47(49-45)42-32-31-41(35-43(42)51)56-36-44(52)53)38-25-29-40(30-26-38)55-34-22-20-18-16-14-12-10-8-6-4-2/h23-32,35,51H,3-22,33-34,36H2,1-2H3,(H,52,53). The molecule has 1 aromatic heterocycles. The second kappa shape index (κ2) is 26.2. The molecule has 9 heteroatoms. The molecule has 1 heterocycles. The van der Waals surface area contributed by atoms with Crippen molar-refractivity contribution in [3.8, 4) is 57.2 Å². The second-order valence-electron chi connectivity index (χ2n) is 14.8. The van der Waals surface area contributed by atoms with Crippen molar-refractivity contribution < 1.29 is 29.2 Å². The van der Waals surface area contributed by atoms with E-state index in [1.54, 1.807) is 12.1 Å². The van der Waals surface area contributed by atoms with E-state index in [4.69, 9.17) is 34.3 Å². The van der Waals surface area contributed by atoms with Crippen molar-refractivity contribution >= 4 is 5.97 Å². The third-order valence-electron chi connectivity index (χ3n) is 9.97.